The number of hydrogen-bond acceptors (Lipinski definition) is 5. The Bertz CT molecular complexity index is 1170. The van der Waals surface area contributed by atoms with Gasteiger partial charge in [-0.1, -0.05) is 29.0 Å². The zero-order chi connectivity index (χ0) is 18.4. The van der Waals surface area contributed by atoms with E-state index in [9.17, 15) is 14.3 Å². The highest BCUT2D eigenvalue weighted by molar-refractivity contribution is 7.17. The smallest absolute Gasteiger partial charge is 0.279 e. The van der Waals surface area contributed by atoms with Gasteiger partial charge >= 0.3 is 0 Å². The molecular formula is C18H11ClFN3O2S. The molecule has 0 unspecified atom stereocenters. The zero-order valence-electron chi connectivity index (χ0n) is 13.4. The molecule has 0 bridgehead atoms. The highest BCUT2D eigenvalue weighted by atomic mass is 35.5. The highest BCUT2D eigenvalue weighted by Crippen LogP contribution is 2.35. The molecule has 0 aliphatic carbocycles. The summed E-state index contributed by atoms with van der Waals surface area (Å²) in [4.78, 5) is 20.8. The molecule has 4 rings (SSSR count). The number of halogens is 2. The molecule has 8 heteroatoms. The molecule has 0 fully saturated rings. The van der Waals surface area contributed by atoms with Crippen LogP contribution in [0.3, 0.4) is 0 Å². The Morgan fingerprint density at radius 2 is 1.92 bits per heavy atom. The summed E-state index contributed by atoms with van der Waals surface area (Å²) in [5.41, 5.74) is 1.62. The van der Waals surface area contributed by atoms with Crippen molar-refractivity contribution in [2.75, 3.05) is 5.32 Å². The van der Waals surface area contributed by atoms with Crippen LogP contribution < -0.4 is 15.9 Å². The first kappa shape index (κ1) is 16.7. The average Bonchev–Trinajstić information content (AvgIpc) is 3.12. The number of carbonyl (C=O) groups excluding carboxylic acids is 1. The lowest BCUT2D eigenvalue weighted by Gasteiger charge is -2.01. The Morgan fingerprint density at radius 3 is 2.65 bits per heavy atom. The number of anilines is 2. The van der Waals surface area contributed by atoms with Gasteiger partial charge in [0, 0.05) is 15.9 Å². The minimum Gasteiger partial charge on any atom is -0.492 e. The quantitative estimate of drug-likeness (QED) is 0.724. The second-order valence-corrected chi connectivity index (χ2v) is 7.07. The van der Waals surface area contributed by atoms with Gasteiger partial charge in [0.25, 0.3) is 5.91 Å². The molecule has 2 N–H and O–H groups in total. The molecule has 1 aliphatic rings. The lowest BCUT2D eigenvalue weighted by molar-refractivity contribution is -0.112. The fraction of sp³-hybridized carbons (Fsp3) is 0.0556. The Morgan fingerprint density at radius 1 is 1.19 bits per heavy atom. The van der Waals surface area contributed by atoms with Crippen molar-refractivity contribution in [1.29, 1.82) is 0 Å². The van der Waals surface area contributed by atoms with E-state index in [1.807, 2.05) is 0 Å². The topological polar surface area (TPSA) is 74.6 Å². The molecule has 1 aromatic heterocycles. The Kier molecular flexibility index (Phi) is 3.97. The van der Waals surface area contributed by atoms with Crippen molar-refractivity contribution in [1.82, 2.24) is 4.98 Å². The largest absolute Gasteiger partial charge is 0.492 e. The van der Waals surface area contributed by atoms with E-state index < -0.39 is 5.91 Å². The van der Waals surface area contributed by atoms with Crippen LogP contribution in [0.15, 0.2) is 41.4 Å². The van der Waals surface area contributed by atoms with Crippen LogP contribution in [0.5, 0.6) is 5.88 Å². The molecule has 130 valence electrons. The van der Waals surface area contributed by atoms with Crippen LogP contribution >= 0.6 is 22.9 Å². The predicted molar refractivity (Wildman–Crippen MR) is 97.9 cm³/mol. The molecule has 1 aliphatic heterocycles. The van der Waals surface area contributed by atoms with Crippen molar-refractivity contribution in [3.05, 3.63) is 68.3 Å². The molecule has 0 radical (unpaired) electrons. The number of nitrogens with zero attached hydrogens (tertiary/aromatic N) is 2. The van der Waals surface area contributed by atoms with E-state index in [1.54, 1.807) is 31.2 Å². The van der Waals surface area contributed by atoms with E-state index in [-0.39, 0.29) is 11.7 Å². The molecule has 2 heterocycles. The summed E-state index contributed by atoms with van der Waals surface area (Å²) >= 11 is 7.21. The first-order chi connectivity index (χ1) is 12.4. The van der Waals surface area contributed by atoms with Gasteiger partial charge in [0.2, 0.25) is 5.88 Å². The zero-order valence-corrected chi connectivity index (χ0v) is 15.0. The number of amides is 1. The van der Waals surface area contributed by atoms with Gasteiger partial charge in [-0.05, 0) is 42.8 Å². The maximum Gasteiger partial charge on any atom is 0.279 e. The van der Waals surface area contributed by atoms with Crippen molar-refractivity contribution in [3.63, 3.8) is 0 Å². The third-order valence-corrected chi connectivity index (χ3v) is 5.38. The van der Waals surface area contributed by atoms with Crippen LogP contribution in [0.1, 0.15) is 10.4 Å². The van der Waals surface area contributed by atoms with E-state index in [4.69, 9.17) is 11.6 Å². The Hall–Kier alpha value is -2.77. The first-order valence-corrected chi connectivity index (χ1v) is 8.78. The number of aromatic nitrogens is 1. The van der Waals surface area contributed by atoms with Crippen molar-refractivity contribution in [2.45, 2.75) is 6.92 Å². The van der Waals surface area contributed by atoms with Crippen molar-refractivity contribution in [2.24, 2.45) is 4.99 Å². The molecule has 0 saturated heterocycles. The number of benzene rings is 2. The second-order valence-electron chi connectivity index (χ2n) is 5.66. The molecule has 5 nitrogen and oxygen atoms in total. The van der Waals surface area contributed by atoms with Gasteiger partial charge in [0.15, 0.2) is 5.13 Å². The van der Waals surface area contributed by atoms with Gasteiger partial charge in [0.1, 0.15) is 10.7 Å². The predicted octanol–water partition coefficient (Wildman–Crippen LogP) is 3.05. The van der Waals surface area contributed by atoms with Crippen molar-refractivity contribution < 1.29 is 14.3 Å². The van der Waals surface area contributed by atoms with Crippen LogP contribution in [-0.4, -0.2) is 16.0 Å². The number of thiazole rings is 1. The van der Waals surface area contributed by atoms with Gasteiger partial charge in [-0.2, -0.15) is 4.98 Å². The van der Waals surface area contributed by atoms with Crippen LogP contribution in [0.2, 0.25) is 5.02 Å². The van der Waals surface area contributed by atoms with E-state index in [1.165, 1.54) is 12.1 Å². The summed E-state index contributed by atoms with van der Waals surface area (Å²) in [6.07, 6.45) is 0. The molecule has 1 amide bonds. The van der Waals surface area contributed by atoms with E-state index in [0.29, 0.717) is 42.4 Å². The third-order valence-electron chi connectivity index (χ3n) is 3.99. The molecule has 0 atom stereocenters. The number of carbonyl (C=O) groups is 1. The second kappa shape index (κ2) is 6.19. The molecule has 3 aromatic rings. The number of fused-ring (bicyclic) bond motifs is 1. The minimum absolute atomic E-state index is 0.265. The number of rotatable bonds is 3. The fourth-order valence-corrected chi connectivity index (χ4v) is 3.78. The fourth-order valence-electron chi connectivity index (χ4n) is 2.70. The number of hydrogen-bond donors (Lipinski definition) is 2. The maximum absolute atomic E-state index is 13.0. The molecule has 26 heavy (non-hydrogen) atoms. The molecule has 0 spiro atoms. The van der Waals surface area contributed by atoms with Gasteiger partial charge in [-0.25, -0.2) is 9.38 Å². The van der Waals surface area contributed by atoms with E-state index in [2.05, 4.69) is 15.3 Å². The average molecular weight is 388 g/mol. The van der Waals surface area contributed by atoms with Crippen molar-refractivity contribution >= 4 is 45.2 Å². The summed E-state index contributed by atoms with van der Waals surface area (Å²) in [7, 11) is 0. The summed E-state index contributed by atoms with van der Waals surface area (Å²) < 4.78 is 13.0. The minimum atomic E-state index is -0.447. The SMILES string of the molecule is Cc1c(Cl)ccc2c1=NC(=O)C=2c1sc(Nc2ccc(F)cc2)nc1O. The number of nitrogens with one attached hydrogen (secondary N) is 1. The summed E-state index contributed by atoms with van der Waals surface area (Å²) in [5.74, 6) is -1.06. The normalized spacial score (nSPS) is 12.9. The van der Waals surface area contributed by atoms with Gasteiger partial charge in [0.05, 0.1) is 10.9 Å². The summed E-state index contributed by atoms with van der Waals surface area (Å²) in [5, 5.41) is 15.2. The molecule has 0 saturated carbocycles. The van der Waals surface area contributed by atoms with Gasteiger partial charge in [-0.3, -0.25) is 4.79 Å². The van der Waals surface area contributed by atoms with Crippen LogP contribution in [-0.2, 0) is 4.79 Å². The van der Waals surface area contributed by atoms with Crippen LogP contribution in [0.25, 0.3) is 5.57 Å². The summed E-state index contributed by atoms with van der Waals surface area (Å²) in [6.45, 7) is 1.79. The van der Waals surface area contributed by atoms with Crippen LogP contribution in [0, 0.1) is 12.7 Å². The van der Waals surface area contributed by atoms with Gasteiger partial charge in [-0.15, -0.1) is 0 Å². The lowest BCUT2D eigenvalue weighted by atomic mass is 10.1. The molecule has 2 aromatic carbocycles. The monoisotopic (exact) mass is 387 g/mol. The lowest BCUT2D eigenvalue weighted by Crippen LogP contribution is -2.26. The Balaban J connectivity index is 1.80. The summed E-state index contributed by atoms with van der Waals surface area (Å²) in [6, 6.07) is 9.13. The van der Waals surface area contributed by atoms with E-state index >= 15 is 0 Å². The highest BCUT2D eigenvalue weighted by Gasteiger charge is 2.25. The van der Waals surface area contributed by atoms with Crippen molar-refractivity contribution in [3.8, 4) is 5.88 Å². The Labute approximate surface area is 156 Å². The maximum atomic E-state index is 13.0. The standard InChI is InChI=1S/C18H11ClFN3O2S/c1-8-12(19)7-6-11-13(16(24)22-14(8)11)15-17(25)23-18(26-15)21-10-4-2-9(20)3-5-10/h2-7,25H,1H3,(H,21,23). The third kappa shape index (κ3) is 2.75. The molecular weight excluding hydrogens is 377 g/mol. The van der Waals surface area contributed by atoms with Crippen LogP contribution in [0.4, 0.5) is 15.2 Å². The van der Waals surface area contributed by atoms with E-state index in [0.717, 1.165) is 11.3 Å². The number of aromatic hydroxyl groups is 1. The first-order valence-electron chi connectivity index (χ1n) is 7.59. The van der Waals surface area contributed by atoms with Gasteiger partial charge < -0.3 is 10.4 Å².